The number of carbonyl (C=O) groups is 3. The zero-order chi connectivity index (χ0) is 23.2. The first-order valence-corrected chi connectivity index (χ1v) is 11.1. The standard InChI is InChI=1S/C23H41N3O4/c1-14(2)19(13-17(7)23(29)30)25(8)22(28)20(15(3)4)24-21(27)18-11-9-10-12-26(18)16(5)6/h13-16,18-20H,9-12H2,1-8H3,(H,24,27)(H,29,30)/b17-13+/t18?,19-,20?/m1/s1. The van der Waals surface area contributed by atoms with Crippen LogP contribution in [0.2, 0.25) is 0 Å². The summed E-state index contributed by atoms with van der Waals surface area (Å²) in [4.78, 5) is 41.5. The van der Waals surface area contributed by atoms with Gasteiger partial charge in [-0.05, 0) is 52.0 Å². The summed E-state index contributed by atoms with van der Waals surface area (Å²) < 4.78 is 0. The van der Waals surface area contributed by atoms with Crippen molar-refractivity contribution in [3.63, 3.8) is 0 Å². The fourth-order valence-electron chi connectivity index (χ4n) is 4.06. The van der Waals surface area contributed by atoms with Gasteiger partial charge in [-0.3, -0.25) is 14.5 Å². The van der Waals surface area contributed by atoms with Gasteiger partial charge >= 0.3 is 5.97 Å². The summed E-state index contributed by atoms with van der Waals surface area (Å²) in [6, 6.07) is -0.966. The van der Waals surface area contributed by atoms with Crippen molar-refractivity contribution in [1.29, 1.82) is 0 Å². The number of likely N-dealkylation sites (tertiary alicyclic amines) is 1. The van der Waals surface area contributed by atoms with Crippen LogP contribution in [0, 0.1) is 11.8 Å². The lowest BCUT2D eigenvalue weighted by molar-refractivity contribution is -0.140. The fourth-order valence-corrected chi connectivity index (χ4v) is 4.06. The van der Waals surface area contributed by atoms with E-state index in [0.717, 1.165) is 25.8 Å². The Labute approximate surface area is 181 Å². The molecule has 0 radical (unpaired) electrons. The van der Waals surface area contributed by atoms with Crippen LogP contribution < -0.4 is 5.32 Å². The maximum atomic E-state index is 13.3. The van der Waals surface area contributed by atoms with Crippen LogP contribution in [0.1, 0.15) is 67.7 Å². The van der Waals surface area contributed by atoms with Crippen LogP contribution >= 0.6 is 0 Å². The van der Waals surface area contributed by atoms with Crippen molar-refractivity contribution in [3.8, 4) is 0 Å². The van der Waals surface area contributed by atoms with E-state index in [1.54, 1.807) is 18.0 Å². The molecule has 172 valence electrons. The molecule has 0 saturated carbocycles. The molecule has 0 spiro atoms. The molecule has 0 aromatic rings. The number of rotatable bonds is 9. The SMILES string of the molecule is C/C(=C\[C@H](C(C)C)N(C)C(=O)C(NC(=O)C1CCCCN1C(C)C)C(C)C)C(=O)O. The van der Waals surface area contributed by atoms with Gasteiger partial charge < -0.3 is 15.3 Å². The summed E-state index contributed by atoms with van der Waals surface area (Å²) in [6.45, 7) is 14.3. The molecule has 0 aromatic carbocycles. The van der Waals surface area contributed by atoms with Crippen molar-refractivity contribution >= 4 is 17.8 Å². The monoisotopic (exact) mass is 423 g/mol. The molecule has 0 aromatic heterocycles. The van der Waals surface area contributed by atoms with E-state index in [1.807, 2.05) is 27.7 Å². The molecule has 1 aliphatic rings. The zero-order valence-electron chi connectivity index (χ0n) is 19.9. The summed E-state index contributed by atoms with van der Waals surface area (Å²) >= 11 is 0. The van der Waals surface area contributed by atoms with E-state index in [0.29, 0.717) is 0 Å². The normalized spacial score (nSPS) is 20.4. The van der Waals surface area contributed by atoms with E-state index in [1.165, 1.54) is 6.92 Å². The van der Waals surface area contributed by atoms with Gasteiger partial charge in [-0.1, -0.05) is 40.2 Å². The first kappa shape index (κ1) is 26.1. The van der Waals surface area contributed by atoms with Crippen LogP contribution in [0.25, 0.3) is 0 Å². The predicted molar refractivity (Wildman–Crippen MR) is 119 cm³/mol. The first-order valence-electron chi connectivity index (χ1n) is 11.1. The van der Waals surface area contributed by atoms with Gasteiger partial charge in [-0.15, -0.1) is 0 Å². The number of carbonyl (C=O) groups excluding carboxylic acids is 2. The highest BCUT2D eigenvalue weighted by Crippen LogP contribution is 2.21. The zero-order valence-corrected chi connectivity index (χ0v) is 19.9. The average Bonchev–Trinajstić information content (AvgIpc) is 2.67. The van der Waals surface area contributed by atoms with Gasteiger partial charge in [0.25, 0.3) is 0 Å². The molecule has 2 N–H and O–H groups in total. The minimum atomic E-state index is -0.999. The van der Waals surface area contributed by atoms with Gasteiger partial charge in [0.2, 0.25) is 11.8 Å². The van der Waals surface area contributed by atoms with Crippen LogP contribution in [0.4, 0.5) is 0 Å². The molecule has 2 amide bonds. The molecule has 30 heavy (non-hydrogen) atoms. The van der Waals surface area contributed by atoms with E-state index in [2.05, 4.69) is 24.1 Å². The summed E-state index contributed by atoms with van der Waals surface area (Å²) in [5.74, 6) is -1.34. The van der Waals surface area contributed by atoms with E-state index < -0.39 is 12.0 Å². The van der Waals surface area contributed by atoms with Crippen molar-refractivity contribution in [2.45, 2.75) is 91.9 Å². The molecule has 1 saturated heterocycles. The quantitative estimate of drug-likeness (QED) is 0.557. The molecular formula is C23H41N3O4. The van der Waals surface area contributed by atoms with Crippen LogP contribution in [-0.2, 0) is 14.4 Å². The Balaban J connectivity index is 3.04. The summed E-state index contributed by atoms with van der Waals surface area (Å²) in [5, 5.41) is 12.2. The first-order chi connectivity index (χ1) is 13.9. The molecule has 2 unspecified atom stereocenters. The number of likely N-dealkylation sites (N-methyl/N-ethyl adjacent to an activating group) is 1. The molecule has 1 heterocycles. The number of hydrogen-bond acceptors (Lipinski definition) is 4. The fraction of sp³-hybridized carbons (Fsp3) is 0.783. The molecular weight excluding hydrogens is 382 g/mol. The number of hydrogen-bond donors (Lipinski definition) is 2. The maximum Gasteiger partial charge on any atom is 0.331 e. The minimum Gasteiger partial charge on any atom is -0.478 e. The molecule has 7 nitrogen and oxygen atoms in total. The number of carboxylic acids is 1. The maximum absolute atomic E-state index is 13.3. The second-order valence-corrected chi connectivity index (χ2v) is 9.41. The van der Waals surface area contributed by atoms with Crippen molar-refractivity contribution in [3.05, 3.63) is 11.6 Å². The van der Waals surface area contributed by atoms with Crippen LogP contribution in [0.5, 0.6) is 0 Å². The number of carboxylic acid groups (broad SMARTS) is 1. The summed E-state index contributed by atoms with van der Waals surface area (Å²) in [5.41, 5.74) is 0.202. The number of piperidine rings is 1. The number of aliphatic carboxylic acids is 1. The third kappa shape index (κ3) is 6.83. The highest BCUT2D eigenvalue weighted by molar-refractivity contribution is 5.90. The Morgan fingerprint density at radius 3 is 2.13 bits per heavy atom. The van der Waals surface area contributed by atoms with E-state index in [4.69, 9.17) is 0 Å². The largest absolute Gasteiger partial charge is 0.478 e. The number of nitrogens with one attached hydrogen (secondary N) is 1. The van der Waals surface area contributed by atoms with E-state index >= 15 is 0 Å². The second kappa shape index (κ2) is 11.5. The van der Waals surface area contributed by atoms with E-state index in [-0.39, 0.29) is 47.3 Å². The summed E-state index contributed by atoms with van der Waals surface area (Å²) in [6.07, 6.45) is 4.51. The van der Waals surface area contributed by atoms with Crippen molar-refractivity contribution < 1.29 is 19.5 Å². The van der Waals surface area contributed by atoms with Gasteiger partial charge in [0.15, 0.2) is 0 Å². The Kier molecular flexibility index (Phi) is 10.0. The Morgan fingerprint density at radius 1 is 1.07 bits per heavy atom. The minimum absolute atomic E-state index is 0.0338. The summed E-state index contributed by atoms with van der Waals surface area (Å²) in [7, 11) is 1.68. The van der Waals surface area contributed by atoms with Gasteiger partial charge in [0.1, 0.15) is 6.04 Å². The van der Waals surface area contributed by atoms with Crippen molar-refractivity contribution in [2.24, 2.45) is 11.8 Å². The average molecular weight is 424 g/mol. The smallest absolute Gasteiger partial charge is 0.331 e. The Bertz CT molecular complexity index is 642. The molecule has 1 fully saturated rings. The van der Waals surface area contributed by atoms with Gasteiger partial charge in [0.05, 0.1) is 12.1 Å². The van der Waals surface area contributed by atoms with Gasteiger partial charge in [-0.25, -0.2) is 4.79 Å². The van der Waals surface area contributed by atoms with Crippen molar-refractivity contribution in [2.75, 3.05) is 13.6 Å². The highest BCUT2D eigenvalue weighted by Gasteiger charge is 2.35. The Morgan fingerprint density at radius 2 is 1.67 bits per heavy atom. The number of nitrogens with zero attached hydrogens (tertiary/aromatic N) is 2. The molecule has 0 bridgehead atoms. The van der Waals surface area contributed by atoms with Crippen LogP contribution in [-0.4, -0.2) is 70.4 Å². The lowest BCUT2D eigenvalue weighted by atomic mass is 9.95. The topological polar surface area (TPSA) is 90.0 Å². The molecule has 1 aliphatic heterocycles. The highest BCUT2D eigenvalue weighted by atomic mass is 16.4. The van der Waals surface area contributed by atoms with Gasteiger partial charge in [0, 0.05) is 18.7 Å². The van der Waals surface area contributed by atoms with Crippen LogP contribution in [0.15, 0.2) is 11.6 Å². The van der Waals surface area contributed by atoms with E-state index in [9.17, 15) is 19.5 Å². The Hall–Kier alpha value is -1.89. The molecule has 0 aliphatic carbocycles. The van der Waals surface area contributed by atoms with Gasteiger partial charge in [-0.2, -0.15) is 0 Å². The third-order valence-electron chi connectivity index (χ3n) is 5.98. The third-order valence-corrected chi connectivity index (χ3v) is 5.98. The lowest BCUT2D eigenvalue weighted by Gasteiger charge is -2.39. The predicted octanol–water partition coefficient (Wildman–Crippen LogP) is 2.90. The number of amides is 2. The lowest BCUT2D eigenvalue weighted by Crippen LogP contribution is -2.58. The molecule has 3 atom stereocenters. The van der Waals surface area contributed by atoms with Crippen molar-refractivity contribution in [1.82, 2.24) is 15.1 Å². The second-order valence-electron chi connectivity index (χ2n) is 9.41. The molecule has 7 heteroatoms. The molecule has 1 rings (SSSR count). The van der Waals surface area contributed by atoms with Crippen LogP contribution in [0.3, 0.4) is 0 Å².